The molecular weight excluding hydrogens is 269 g/mol. The largest absolute Gasteiger partial charge is 0.504 e. The highest BCUT2D eigenvalue weighted by Crippen LogP contribution is 2.36. The number of phenols is 1. The Kier molecular flexibility index (Phi) is 3.82. The molecule has 15 heavy (non-hydrogen) atoms. The van der Waals surface area contributed by atoms with Crippen LogP contribution < -0.4 is 4.74 Å². The molecule has 0 saturated carbocycles. The Morgan fingerprint density at radius 1 is 1.67 bits per heavy atom. The Bertz CT molecular complexity index is 418. The second kappa shape index (κ2) is 4.91. The normalized spacial score (nSPS) is 11.7. The molecule has 0 radical (unpaired) electrons. The van der Waals surface area contributed by atoms with Crippen molar-refractivity contribution in [3.05, 3.63) is 22.2 Å². The molecule has 1 unspecified atom stereocenters. The Hall–Kier alpha value is -1.39. The molecule has 0 aliphatic carbocycles. The molecule has 0 spiro atoms. The van der Waals surface area contributed by atoms with Gasteiger partial charge in [0.25, 0.3) is 0 Å². The molecule has 1 N–H and O–H groups in total. The summed E-state index contributed by atoms with van der Waals surface area (Å²) in [6.07, 6.45) is -0.746. The molecule has 0 aromatic heterocycles. The number of ether oxygens (including phenoxy) is 1. The molecule has 0 fully saturated rings. The molecule has 1 atom stereocenters. The summed E-state index contributed by atoms with van der Waals surface area (Å²) in [6, 6.07) is 2.52. The van der Waals surface area contributed by atoms with E-state index in [2.05, 4.69) is 20.9 Å². The number of nitrogens with zero attached hydrogens (tertiary/aromatic N) is 1. The average Bonchev–Trinajstić information content (AvgIpc) is 2.21. The molecule has 80 valence electrons. The van der Waals surface area contributed by atoms with Crippen molar-refractivity contribution in [3.63, 3.8) is 0 Å². The summed E-state index contributed by atoms with van der Waals surface area (Å²) in [4.78, 5) is 12.8. The van der Waals surface area contributed by atoms with Gasteiger partial charge in [-0.15, -0.1) is 0 Å². The summed E-state index contributed by atoms with van der Waals surface area (Å²) in [5.41, 5.74) is 0.0386. The lowest BCUT2D eigenvalue weighted by Gasteiger charge is -2.09. The van der Waals surface area contributed by atoms with E-state index in [0.717, 1.165) is 12.1 Å². The molecule has 1 aromatic carbocycles. The van der Waals surface area contributed by atoms with E-state index in [1.807, 2.05) is 0 Å². The van der Waals surface area contributed by atoms with Gasteiger partial charge in [-0.1, -0.05) is 15.9 Å². The highest BCUT2D eigenvalue weighted by molar-refractivity contribution is 9.10. The van der Waals surface area contributed by atoms with Gasteiger partial charge in [0, 0.05) is 10.0 Å². The summed E-state index contributed by atoms with van der Waals surface area (Å²) in [7, 11) is 1.37. The van der Waals surface area contributed by atoms with Crippen LogP contribution in [0.4, 0.5) is 4.39 Å². The zero-order valence-electron chi connectivity index (χ0n) is 7.70. The van der Waals surface area contributed by atoms with Gasteiger partial charge in [-0.25, -0.2) is 9.18 Å². The number of carbonyl (C=O) groups excluding carboxylic acids is 1. The number of rotatable bonds is 3. The molecule has 4 nitrogen and oxygen atoms in total. The first kappa shape index (κ1) is 11.7. The van der Waals surface area contributed by atoms with Crippen molar-refractivity contribution in [2.24, 2.45) is 4.99 Å². The summed E-state index contributed by atoms with van der Waals surface area (Å²) < 4.78 is 18.4. The lowest BCUT2D eigenvalue weighted by atomic mass is 10.2. The average molecular weight is 276 g/mol. The van der Waals surface area contributed by atoms with Crippen molar-refractivity contribution in [1.29, 1.82) is 0 Å². The number of hydrogen-bond donors (Lipinski definition) is 1. The first-order valence-corrected chi connectivity index (χ1v) is 4.67. The molecule has 0 heterocycles. The van der Waals surface area contributed by atoms with E-state index < -0.39 is 6.30 Å². The first-order valence-electron chi connectivity index (χ1n) is 3.87. The molecule has 0 amide bonds. The summed E-state index contributed by atoms with van der Waals surface area (Å²) in [5, 5.41) is 9.38. The smallest absolute Gasteiger partial charge is 0.238 e. The van der Waals surface area contributed by atoms with Crippen LogP contribution in [0.15, 0.2) is 21.6 Å². The number of methoxy groups -OCH3 is 1. The van der Waals surface area contributed by atoms with E-state index >= 15 is 0 Å². The van der Waals surface area contributed by atoms with Crippen molar-refractivity contribution in [2.75, 3.05) is 7.11 Å². The molecule has 1 aromatic rings. The van der Waals surface area contributed by atoms with E-state index in [-0.39, 0.29) is 17.1 Å². The fraction of sp³-hybridized carbons (Fsp3) is 0.222. The van der Waals surface area contributed by atoms with Crippen LogP contribution in [0.1, 0.15) is 11.9 Å². The molecule has 1 rings (SSSR count). The number of halogens is 2. The molecule has 0 aliphatic heterocycles. The quantitative estimate of drug-likeness (QED) is 0.524. The van der Waals surface area contributed by atoms with E-state index in [9.17, 15) is 14.3 Å². The lowest BCUT2D eigenvalue weighted by Crippen LogP contribution is -1.92. The summed E-state index contributed by atoms with van der Waals surface area (Å²) in [6.45, 7) is 0. The van der Waals surface area contributed by atoms with Crippen LogP contribution in [-0.2, 0) is 4.79 Å². The highest BCUT2D eigenvalue weighted by Gasteiger charge is 2.15. The summed E-state index contributed by atoms with van der Waals surface area (Å²) >= 11 is 3.07. The number of alkyl halides is 1. The minimum atomic E-state index is -1.85. The van der Waals surface area contributed by atoms with Gasteiger partial charge in [0.05, 0.1) is 7.11 Å². The van der Waals surface area contributed by atoms with Crippen LogP contribution in [0.3, 0.4) is 0 Å². The highest BCUT2D eigenvalue weighted by atomic mass is 79.9. The Balaban J connectivity index is 3.20. The maximum Gasteiger partial charge on any atom is 0.238 e. The van der Waals surface area contributed by atoms with Gasteiger partial charge in [0.15, 0.2) is 11.5 Å². The number of benzene rings is 1. The molecular formula is C9H7BrFNO3. The number of hydrogen-bond acceptors (Lipinski definition) is 4. The van der Waals surface area contributed by atoms with Crippen molar-refractivity contribution < 1.29 is 19.0 Å². The van der Waals surface area contributed by atoms with E-state index in [1.54, 1.807) is 0 Å². The van der Waals surface area contributed by atoms with Crippen molar-refractivity contribution in [3.8, 4) is 11.5 Å². The number of isocyanates is 1. The van der Waals surface area contributed by atoms with Crippen LogP contribution in [0, 0.1) is 0 Å². The topological polar surface area (TPSA) is 58.9 Å². The van der Waals surface area contributed by atoms with Crippen LogP contribution in [0.2, 0.25) is 0 Å². The van der Waals surface area contributed by atoms with Crippen LogP contribution >= 0.6 is 15.9 Å². The van der Waals surface area contributed by atoms with Gasteiger partial charge in [0.1, 0.15) is 0 Å². The number of phenolic OH excluding ortho intramolecular Hbond substituents is 1. The molecule has 0 aliphatic rings. The third-order valence-corrected chi connectivity index (χ3v) is 2.41. The van der Waals surface area contributed by atoms with Crippen LogP contribution in [-0.4, -0.2) is 18.3 Å². The Morgan fingerprint density at radius 3 is 2.87 bits per heavy atom. The fourth-order valence-corrected chi connectivity index (χ4v) is 1.53. The molecule has 0 bridgehead atoms. The van der Waals surface area contributed by atoms with E-state index in [4.69, 9.17) is 4.74 Å². The lowest BCUT2D eigenvalue weighted by molar-refractivity contribution is 0.347. The SMILES string of the molecule is COc1cc(Br)c(C(F)N=C=O)cc1O. The third kappa shape index (κ3) is 2.55. The fourth-order valence-electron chi connectivity index (χ4n) is 1.02. The Labute approximate surface area is 93.5 Å². The molecule has 6 heteroatoms. The maximum atomic E-state index is 13.2. The predicted octanol–water partition coefficient (Wildman–Crippen LogP) is 2.47. The van der Waals surface area contributed by atoms with E-state index in [1.165, 1.54) is 13.2 Å². The third-order valence-electron chi connectivity index (χ3n) is 1.72. The van der Waals surface area contributed by atoms with Crippen molar-refractivity contribution >= 4 is 22.0 Å². The van der Waals surface area contributed by atoms with Crippen molar-refractivity contribution in [1.82, 2.24) is 0 Å². The zero-order chi connectivity index (χ0) is 11.4. The number of aliphatic imine (C=N–C) groups is 1. The molecule has 0 saturated heterocycles. The minimum Gasteiger partial charge on any atom is -0.504 e. The van der Waals surface area contributed by atoms with Gasteiger partial charge < -0.3 is 9.84 Å². The summed E-state index contributed by atoms with van der Waals surface area (Å²) in [5.74, 6) is -0.0210. The van der Waals surface area contributed by atoms with Crippen LogP contribution in [0.5, 0.6) is 11.5 Å². The second-order valence-electron chi connectivity index (χ2n) is 2.60. The van der Waals surface area contributed by atoms with Gasteiger partial charge in [-0.2, -0.15) is 4.99 Å². The van der Waals surface area contributed by atoms with E-state index in [0.29, 0.717) is 4.47 Å². The minimum absolute atomic E-state index is 0.0386. The second-order valence-corrected chi connectivity index (χ2v) is 3.46. The standard InChI is InChI=1S/C9H7BrFNO3/c1-15-8-3-6(10)5(2-7(8)14)9(11)12-4-13/h2-3,9,14H,1H3. The van der Waals surface area contributed by atoms with Crippen molar-refractivity contribution in [2.45, 2.75) is 6.30 Å². The van der Waals surface area contributed by atoms with Crippen LogP contribution in [0.25, 0.3) is 0 Å². The van der Waals surface area contributed by atoms with Gasteiger partial charge in [-0.3, -0.25) is 0 Å². The van der Waals surface area contributed by atoms with Gasteiger partial charge in [0.2, 0.25) is 12.4 Å². The van der Waals surface area contributed by atoms with Gasteiger partial charge >= 0.3 is 0 Å². The monoisotopic (exact) mass is 275 g/mol. The van der Waals surface area contributed by atoms with Gasteiger partial charge in [-0.05, 0) is 12.1 Å². The zero-order valence-corrected chi connectivity index (χ0v) is 9.28. The predicted molar refractivity (Wildman–Crippen MR) is 54.3 cm³/mol. The Morgan fingerprint density at radius 2 is 2.33 bits per heavy atom. The maximum absolute atomic E-state index is 13.2. The number of aromatic hydroxyl groups is 1. The first-order chi connectivity index (χ1) is 7.10.